The van der Waals surface area contributed by atoms with Crippen molar-refractivity contribution in [1.82, 2.24) is 19.2 Å². The molecule has 2 N–H and O–H groups in total. The van der Waals surface area contributed by atoms with Crippen molar-refractivity contribution in [2.45, 2.75) is 31.7 Å². The van der Waals surface area contributed by atoms with Gasteiger partial charge in [-0.05, 0) is 45.8 Å². The predicted molar refractivity (Wildman–Crippen MR) is 80.8 cm³/mol. The lowest BCUT2D eigenvalue weighted by Crippen LogP contribution is -2.52. The van der Waals surface area contributed by atoms with Crippen LogP contribution in [0.5, 0.6) is 0 Å². The van der Waals surface area contributed by atoms with Gasteiger partial charge in [0.05, 0.1) is 0 Å². The first-order valence-corrected chi connectivity index (χ1v) is 9.06. The molecule has 0 aliphatic carbocycles. The van der Waals surface area contributed by atoms with E-state index in [1.54, 1.807) is 4.31 Å². The van der Waals surface area contributed by atoms with Crippen molar-refractivity contribution in [2.75, 3.05) is 46.8 Å². The molecule has 0 aromatic heterocycles. The van der Waals surface area contributed by atoms with Crippen molar-refractivity contribution in [1.29, 1.82) is 0 Å². The molecule has 2 saturated heterocycles. The Morgan fingerprint density at radius 1 is 1.15 bits per heavy atom. The Balaban J connectivity index is 1.90. The molecule has 2 rings (SSSR count). The molecule has 0 bridgehead atoms. The van der Waals surface area contributed by atoms with Crippen LogP contribution in [0.4, 0.5) is 0 Å². The molecule has 2 fully saturated rings. The van der Waals surface area contributed by atoms with Crippen molar-refractivity contribution in [3.8, 4) is 0 Å². The van der Waals surface area contributed by atoms with Gasteiger partial charge in [0.15, 0.2) is 0 Å². The van der Waals surface area contributed by atoms with Gasteiger partial charge in [0.25, 0.3) is 10.2 Å². The maximum absolute atomic E-state index is 12.5. The van der Waals surface area contributed by atoms with Crippen molar-refractivity contribution in [3.63, 3.8) is 0 Å². The third-order valence-electron chi connectivity index (χ3n) is 4.36. The minimum absolute atomic E-state index is 0.0949. The highest BCUT2D eigenvalue weighted by Crippen LogP contribution is 2.20. The number of hydrogen-bond acceptors (Lipinski definition) is 4. The fourth-order valence-corrected chi connectivity index (χ4v) is 4.78. The highest BCUT2D eigenvalue weighted by atomic mass is 32.2. The highest BCUT2D eigenvalue weighted by molar-refractivity contribution is 7.87. The van der Waals surface area contributed by atoms with Crippen LogP contribution < -0.4 is 10.0 Å². The summed E-state index contributed by atoms with van der Waals surface area (Å²) in [5.41, 5.74) is 0. The van der Waals surface area contributed by atoms with E-state index >= 15 is 0 Å². The Kier molecular flexibility index (Phi) is 5.80. The fourth-order valence-electron chi connectivity index (χ4n) is 3.23. The van der Waals surface area contributed by atoms with Crippen LogP contribution in [-0.4, -0.2) is 70.5 Å². The minimum Gasteiger partial charge on any atom is -0.318 e. The van der Waals surface area contributed by atoms with E-state index in [1.807, 2.05) is 7.05 Å². The first-order valence-electron chi connectivity index (χ1n) is 7.62. The predicted octanol–water partition coefficient (Wildman–Crippen LogP) is -0.154. The van der Waals surface area contributed by atoms with Gasteiger partial charge in [-0.1, -0.05) is 6.42 Å². The van der Waals surface area contributed by atoms with Crippen molar-refractivity contribution in [3.05, 3.63) is 0 Å². The van der Waals surface area contributed by atoms with Crippen LogP contribution >= 0.6 is 0 Å². The van der Waals surface area contributed by atoms with Gasteiger partial charge in [-0.25, -0.2) is 4.72 Å². The molecule has 0 saturated carbocycles. The largest absolute Gasteiger partial charge is 0.318 e. The molecule has 0 amide bonds. The number of rotatable bonds is 6. The van der Waals surface area contributed by atoms with Crippen molar-refractivity contribution < 1.29 is 8.42 Å². The second-order valence-corrected chi connectivity index (χ2v) is 7.80. The van der Waals surface area contributed by atoms with E-state index < -0.39 is 10.2 Å². The average Bonchev–Trinajstić information content (AvgIpc) is 2.83. The molecule has 2 atom stereocenters. The second kappa shape index (κ2) is 7.17. The molecule has 6 nitrogen and oxygen atoms in total. The molecule has 0 radical (unpaired) electrons. The Hall–Kier alpha value is -0.210. The lowest BCUT2D eigenvalue weighted by Gasteiger charge is -2.34. The Labute approximate surface area is 123 Å². The third-order valence-corrected chi connectivity index (χ3v) is 5.99. The molecule has 7 heteroatoms. The Morgan fingerprint density at radius 3 is 2.60 bits per heavy atom. The van der Waals surface area contributed by atoms with E-state index in [0.29, 0.717) is 19.0 Å². The molecule has 0 aromatic rings. The highest BCUT2D eigenvalue weighted by Gasteiger charge is 2.32. The quantitative estimate of drug-likeness (QED) is 0.716. The summed E-state index contributed by atoms with van der Waals surface area (Å²) in [6.07, 6.45) is 4.12. The van der Waals surface area contributed by atoms with E-state index in [2.05, 4.69) is 22.0 Å². The zero-order valence-electron chi connectivity index (χ0n) is 12.6. The maximum Gasteiger partial charge on any atom is 0.279 e. The van der Waals surface area contributed by atoms with E-state index in [1.165, 1.54) is 0 Å². The first-order chi connectivity index (χ1) is 9.53. The topological polar surface area (TPSA) is 64.7 Å². The number of nitrogens with one attached hydrogen (secondary N) is 2. The van der Waals surface area contributed by atoms with Gasteiger partial charge in [-0.3, -0.25) is 0 Å². The summed E-state index contributed by atoms with van der Waals surface area (Å²) in [6.45, 7) is 4.00. The van der Waals surface area contributed by atoms with E-state index in [0.717, 1.165) is 45.3 Å². The molecule has 2 heterocycles. The molecule has 2 aliphatic rings. The van der Waals surface area contributed by atoms with E-state index in [-0.39, 0.29) is 6.04 Å². The molecular formula is C13H28N4O2S. The second-order valence-electron chi connectivity index (χ2n) is 6.09. The van der Waals surface area contributed by atoms with Gasteiger partial charge in [0.1, 0.15) is 0 Å². The van der Waals surface area contributed by atoms with E-state index in [9.17, 15) is 8.42 Å². The monoisotopic (exact) mass is 304 g/mol. The summed E-state index contributed by atoms with van der Waals surface area (Å²) >= 11 is 0. The number of hydrogen-bond donors (Lipinski definition) is 2. The number of likely N-dealkylation sites (N-methyl/N-ethyl adjacent to an activating group) is 1. The van der Waals surface area contributed by atoms with Crippen LogP contribution in [0.3, 0.4) is 0 Å². The number of nitrogens with zero attached hydrogens (tertiary/aromatic N) is 2. The van der Waals surface area contributed by atoms with Gasteiger partial charge in [0.2, 0.25) is 0 Å². The molecule has 118 valence electrons. The van der Waals surface area contributed by atoms with Crippen molar-refractivity contribution >= 4 is 10.2 Å². The summed E-state index contributed by atoms with van der Waals surface area (Å²) in [5, 5.41) is 3.10. The fraction of sp³-hybridized carbons (Fsp3) is 1.00. The molecule has 2 unspecified atom stereocenters. The zero-order chi connectivity index (χ0) is 14.6. The Morgan fingerprint density at radius 2 is 1.95 bits per heavy atom. The lowest BCUT2D eigenvalue weighted by molar-refractivity contribution is 0.245. The SMILES string of the molecule is CNCC1CCCCN1S(=O)(=O)NCC1CCN(C)C1. The summed E-state index contributed by atoms with van der Waals surface area (Å²) in [4.78, 5) is 2.25. The Bertz CT molecular complexity index is 399. The maximum atomic E-state index is 12.5. The van der Waals surface area contributed by atoms with Crippen LogP contribution in [-0.2, 0) is 10.2 Å². The summed E-state index contributed by atoms with van der Waals surface area (Å²) in [6, 6.07) is 0.0949. The summed E-state index contributed by atoms with van der Waals surface area (Å²) in [7, 11) is 0.627. The molecular weight excluding hydrogens is 276 g/mol. The smallest absolute Gasteiger partial charge is 0.279 e. The molecule has 0 spiro atoms. The zero-order valence-corrected chi connectivity index (χ0v) is 13.5. The molecule has 20 heavy (non-hydrogen) atoms. The van der Waals surface area contributed by atoms with Crippen LogP contribution in [0.2, 0.25) is 0 Å². The summed E-state index contributed by atoms with van der Waals surface area (Å²) in [5.74, 6) is 0.447. The first kappa shape index (κ1) is 16.2. The van der Waals surface area contributed by atoms with Gasteiger partial charge in [-0.15, -0.1) is 0 Å². The number of likely N-dealkylation sites (tertiary alicyclic amines) is 1. The normalized spacial score (nSPS) is 29.9. The third kappa shape index (κ3) is 4.14. The van der Waals surface area contributed by atoms with Gasteiger partial charge >= 0.3 is 0 Å². The minimum atomic E-state index is -3.33. The lowest BCUT2D eigenvalue weighted by atomic mass is 10.1. The summed E-state index contributed by atoms with van der Waals surface area (Å²) < 4.78 is 29.4. The standard InChI is InChI=1S/C13H28N4O2S/c1-14-10-13-5-3-4-7-17(13)20(18,19)15-9-12-6-8-16(2)11-12/h12-15H,3-11H2,1-2H3. The van der Waals surface area contributed by atoms with Crippen LogP contribution in [0, 0.1) is 5.92 Å². The molecule has 0 aromatic carbocycles. The molecule has 2 aliphatic heterocycles. The van der Waals surface area contributed by atoms with Crippen molar-refractivity contribution in [2.24, 2.45) is 5.92 Å². The average molecular weight is 304 g/mol. The van der Waals surface area contributed by atoms with Crippen LogP contribution in [0.25, 0.3) is 0 Å². The van der Waals surface area contributed by atoms with E-state index in [4.69, 9.17) is 0 Å². The van der Waals surface area contributed by atoms with Gasteiger partial charge < -0.3 is 10.2 Å². The number of piperidine rings is 1. The van der Waals surface area contributed by atoms with Gasteiger partial charge in [0, 0.05) is 32.2 Å². The van der Waals surface area contributed by atoms with Crippen LogP contribution in [0.15, 0.2) is 0 Å². The van der Waals surface area contributed by atoms with Crippen LogP contribution in [0.1, 0.15) is 25.7 Å². The van der Waals surface area contributed by atoms with Gasteiger partial charge in [-0.2, -0.15) is 12.7 Å².